The SMILES string of the molecule is NC(=O)CCN(c1ccccc1)c1nccc(C(N)=O)n1. The molecule has 1 aromatic carbocycles. The third-order valence-electron chi connectivity index (χ3n) is 2.79. The maximum Gasteiger partial charge on any atom is 0.267 e. The average molecular weight is 285 g/mol. The summed E-state index contributed by atoms with van der Waals surface area (Å²) in [6.45, 7) is 0.307. The van der Waals surface area contributed by atoms with Crippen molar-refractivity contribution in [3.8, 4) is 0 Å². The molecule has 7 heteroatoms. The van der Waals surface area contributed by atoms with Crippen molar-refractivity contribution in [3.63, 3.8) is 0 Å². The molecule has 0 atom stereocenters. The molecule has 0 unspecified atom stereocenters. The van der Waals surface area contributed by atoms with E-state index in [0.29, 0.717) is 12.5 Å². The Morgan fingerprint density at radius 2 is 1.81 bits per heavy atom. The van der Waals surface area contributed by atoms with E-state index < -0.39 is 11.8 Å². The van der Waals surface area contributed by atoms with Crippen molar-refractivity contribution in [2.75, 3.05) is 11.4 Å². The smallest absolute Gasteiger partial charge is 0.267 e. The maximum absolute atomic E-state index is 11.2. The van der Waals surface area contributed by atoms with E-state index in [4.69, 9.17) is 11.5 Å². The second-order valence-corrected chi connectivity index (χ2v) is 4.31. The Bertz CT molecular complexity index is 645. The minimum atomic E-state index is -0.637. The molecular formula is C14H15N5O2. The zero-order chi connectivity index (χ0) is 15.2. The number of primary amides is 2. The Morgan fingerprint density at radius 1 is 1.10 bits per heavy atom. The van der Waals surface area contributed by atoms with Crippen LogP contribution in [0.3, 0.4) is 0 Å². The van der Waals surface area contributed by atoms with E-state index in [0.717, 1.165) is 5.69 Å². The van der Waals surface area contributed by atoms with Gasteiger partial charge in [-0.2, -0.15) is 0 Å². The number of anilines is 2. The van der Waals surface area contributed by atoms with Gasteiger partial charge in [0.25, 0.3) is 5.91 Å². The lowest BCUT2D eigenvalue weighted by Crippen LogP contribution is -2.26. The Labute approximate surface area is 121 Å². The molecule has 2 aromatic rings. The number of amides is 2. The Balaban J connectivity index is 2.37. The highest BCUT2D eigenvalue weighted by Gasteiger charge is 2.14. The number of aromatic nitrogens is 2. The van der Waals surface area contributed by atoms with Crippen LogP contribution in [0.4, 0.5) is 11.6 Å². The van der Waals surface area contributed by atoms with Gasteiger partial charge in [-0.15, -0.1) is 0 Å². The van der Waals surface area contributed by atoms with Gasteiger partial charge in [0, 0.05) is 24.8 Å². The fourth-order valence-electron chi connectivity index (χ4n) is 1.79. The topological polar surface area (TPSA) is 115 Å². The monoisotopic (exact) mass is 285 g/mol. The average Bonchev–Trinajstić information content (AvgIpc) is 2.48. The highest BCUT2D eigenvalue weighted by Crippen LogP contribution is 2.21. The van der Waals surface area contributed by atoms with Crippen molar-refractivity contribution in [2.24, 2.45) is 11.5 Å². The third kappa shape index (κ3) is 3.75. The summed E-state index contributed by atoms with van der Waals surface area (Å²) in [4.78, 5) is 32.2. The van der Waals surface area contributed by atoms with Crippen LogP contribution in [0, 0.1) is 0 Å². The second-order valence-electron chi connectivity index (χ2n) is 4.31. The van der Waals surface area contributed by atoms with Gasteiger partial charge in [0.1, 0.15) is 5.69 Å². The Kier molecular flexibility index (Phi) is 4.45. The first-order chi connectivity index (χ1) is 10.1. The van der Waals surface area contributed by atoms with E-state index in [1.807, 2.05) is 30.3 Å². The first kappa shape index (κ1) is 14.4. The fourth-order valence-corrected chi connectivity index (χ4v) is 1.79. The highest BCUT2D eigenvalue weighted by molar-refractivity contribution is 5.91. The first-order valence-electron chi connectivity index (χ1n) is 6.31. The standard InChI is InChI=1S/C14H15N5O2/c15-12(20)7-9-19(10-4-2-1-3-5-10)14-17-8-6-11(18-14)13(16)21/h1-6,8H,7,9H2,(H2,15,20)(H2,16,21). The molecule has 0 saturated heterocycles. The molecule has 0 fully saturated rings. The summed E-state index contributed by atoms with van der Waals surface area (Å²) in [6.07, 6.45) is 1.59. The molecule has 2 amide bonds. The number of hydrogen-bond donors (Lipinski definition) is 2. The summed E-state index contributed by atoms with van der Waals surface area (Å²) >= 11 is 0. The van der Waals surface area contributed by atoms with Crippen LogP contribution in [0.1, 0.15) is 16.9 Å². The molecule has 1 aromatic heterocycles. The van der Waals surface area contributed by atoms with E-state index in [1.165, 1.54) is 12.3 Å². The lowest BCUT2D eigenvalue weighted by molar-refractivity contribution is -0.117. The van der Waals surface area contributed by atoms with E-state index in [9.17, 15) is 9.59 Å². The van der Waals surface area contributed by atoms with Gasteiger partial charge in [0.05, 0.1) is 0 Å². The molecule has 0 radical (unpaired) electrons. The van der Waals surface area contributed by atoms with Crippen LogP contribution in [0.2, 0.25) is 0 Å². The number of benzene rings is 1. The molecule has 0 aliphatic carbocycles. The van der Waals surface area contributed by atoms with Gasteiger partial charge in [0.15, 0.2) is 0 Å². The molecule has 21 heavy (non-hydrogen) atoms. The predicted molar refractivity (Wildman–Crippen MR) is 77.8 cm³/mol. The highest BCUT2D eigenvalue weighted by atomic mass is 16.1. The normalized spacial score (nSPS) is 10.1. The summed E-state index contributed by atoms with van der Waals surface area (Å²) in [5, 5.41) is 0. The van der Waals surface area contributed by atoms with Crippen LogP contribution in [-0.4, -0.2) is 28.3 Å². The van der Waals surface area contributed by atoms with E-state index in [-0.39, 0.29) is 12.1 Å². The molecule has 0 aliphatic heterocycles. The van der Waals surface area contributed by atoms with E-state index >= 15 is 0 Å². The molecule has 4 N–H and O–H groups in total. The van der Waals surface area contributed by atoms with Crippen molar-refractivity contribution < 1.29 is 9.59 Å². The van der Waals surface area contributed by atoms with Gasteiger partial charge in [0.2, 0.25) is 11.9 Å². The summed E-state index contributed by atoms with van der Waals surface area (Å²) in [5.74, 6) is -0.776. The molecule has 2 rings (SSSR count). The summed E-state index contributed by atoms with van der Waals surface area (Å²) in [6, 6.07) is 10.7. The largest absolute Gasteiger partial charge is 0.370 e. The van der Waals surface area contributed by atoms with E-state index in [2.05, 4.69) is 9.97 Å². The Hall–Kier alpha value is -2.96. The number of rotatable bonds is 6. The minimum absolute atomic E-state index is 0.111. The van der Waals surface area contributed by atoms with Gasteiger partial charge < -0.3 is 16.4 Å². The Morgan fingerprint density at radius 3 is 2.43 bits per heavy atom. The maximum atomic E-state index is 11.2. The lowest BCUT2D eigenvalue weighted by Gasteiger charge is -2.22. The van der Waals surface area contributed by atoms with Gasteiger partial charge in [-0.25, -0.2) is 9.97 Å². The van der Waals surface area contributed by atoms with Gasteiger partial charge >= 0.3 is 0 Å². The minimum Gasteiger partial charge on any atom is -0.370 e. The molecule has 0 saturated carbocycles. The number of carbonyl (C=O) groups is 2. The van der Waals surface area contributed by atoms with Crippen LogP contribution < -0.4 is 16.4 Å². The van der Waals surface area contributed by atoms with Gasteiger partial charge in [-0.05, 0) is 18.2 Å². The van der Waals surface area contributed by atoms with Crippen molar-refractivity contribution in [1.82, 2.24) is 9.97 Å². The molecule has 0 bridgehead atoms. The number of nitrogens with zero attached hydrogens (tertiary/aromatic N) is 3. The molecule has 1 heterocycles. The van der Waals surface area contributed by atoms with Crippen LogP contribution in [0.15, 0.2) is 42.6 Å². The van der Waals surface area contributed by atoms with Crippen molar-refractivity contribution in [2.45, 2.75) is 6.42 Å². The van der Waals surface area contributed by atoms with Gasteiger partial charge in [-0.3, -0.25) is 9.59 Å². The summed E-state index contributed by atoms with van der Waals surface area (Å²) in [5.41, 5.74) is 11.3. The summed E-state index contributed by atoms with van der Waals surface area (Å²) < 4.78 is 0. The molecule has 108 valence electrons. The van der Waals surface area contributed by atoms with E-state index in [1.54, 1.807) is 4.90 Å². The predicted octanol–water partition coefficient (Wildman–Crippen LogP) is 0.589. The number of para-hydroxylation sites is 1. The van der Waals surface area contributed by atoms with Crippen molar-refractivity contribution in [3.05, 3.63) is 48.3 Å². The third-order valence-corrected chi connectivity index (χ3v) is 2.79. The molecule has 0 spiro atoms. The second kappa shape index (κ2) is 6.47. The van der Waals surface area contributed by atoms with Crippen molar-refractivity contribution in [1.29, 1.82) is 0 Å². The number of carbonyl (C=O) groups excluding carboxylic acids is 2. The van der Waals surface area contributed by atoms with Crippen LogP contribution in [0.5, 0.6) is 0 Å². The van der Waals surface area contributed by atoms with Crippen LogP contribution in [0.25, 0.3) is 0 Å². The van der Waals surface area contributed by atoms with Crippen LogP contribution in [-0.2, 0) is 4.79 Å². The fraction of sp³-hybridized carbons (Fsp3) is 0.143. The first-order valence-corrected chi connectivity index (χ1v) is 6.31. The summed E-state index contributed by atoms with van der Waals surface area (Å²) in [7, 11) is 0. The van der Waals surface area contributed by atoms with Crippen LogP contribution >= 0.6 is 0 Å². The quantitative estimate of drug-likeness (QED) is 0.805. The molecule has 7 nitrogen and oxygen atoms in total. The zero-order valence-corrected chi connectivity index (χ0v) is 11.3. The zero-order valence-electron chi connectivity index (χ0n) is 11.3. The van der Waals surface area contributed by atoms with Gasteiger partial charge in [-0.1, -0.05) is 18.2 Å². The number of nitrogens with two attached hydrogens (primary N) is 2. The van der Waals surface area contributed by atoms with Crippen molar-refractivity contribution >= 4 is 23.5 Å². The molecule has 0 aliphatic rings. The molecular weight excluding hydrogens is 270 g/mol. The lowest BCUT2D eigenvalue weighted by atomic mass is 10.2. The number of hydrogen-bond acceptors (Lipinski definition) is 5.